The molecule has 0 aromatic heterocycles. The van der Waals surface area contributed by atoms with Crippen molar-refractivity contribution in [1.29, 1.82) is 0 Å². The van der Waals surface area contributed by atoms with Crippen molar-refractivity contribution in [3.05, 3.63) is 42.5 Å². The summed E-state index contributed by atoms with van der Waals surface area (Å²) in [6, 6.07) is 8.55. The summed E-state index contributed by atoms with van der Waals surface area (Å²) in [7, 11) is 0. The zero-order valence-electron chi connectivity index (χ0n) is 11.7. The van der Waals surface area contributed by atoms with Crippen LogP contribution in [-0.4, -0.2) is 6.61 Å². The SMILES string of the molecule is C=CCCCCCCc1ccc(OCCC)cc1. The monoisotopic (exact) mass is 246 g/mol. The van der Waals surface area contributed by atoms with Gasteiger partial charge in [0, 0.05) is 0 Å². The second-order valence-electron chi connectivity index (χ2n) is 4.73. The van der Waals surface area contributed by atoms with E-state index in [1.54, 1.807) is 0 Å². The quantitative estimate of drug-likeness (QED) is 0.409. The molecule has 100 valence electrons. The van der Waals surface area contributed by atoms with Crippen molar-refractivity contribution >= 4 is 0 Å². The fraction of sp³-hybridized carbons (Fsp3) is 0.529. The van der Waals surface area contributed by atoms with Crippen LogP contribution in [0.2, 0.25) is 0 Å². The van der Waals surface area contributed by atoms with Gasteiger partial charge < -0.3 is 4.74 Å². The maximum Gasteiger partial charge on any atom is 0.119 e. The summed E-state index contributed by atoms with van der Waals surface area (Å²) in [4.78, 5) is 0. The van der Waals surface area contributed by atoms with Gasteiger partial charge >= 0.3 is 0 Å². The number of unbranched alkanes of at least 4 members (excludes halogenated alkanes) is 4. The van der Waals surface area contributed by atoms with E-state index in [4.69, 9.17) is 4.74 Å². The molecular weight excluding hydrogens is 220 g/mol. The Labute approximate surface area is 112 Å². The highest BCUT2D eigenvalue weighted by Gasteiger charge is 1.96. The number of hydrogen-bond acceptors (Lipinski definition) is 1. The average Bonchev–Trinajstić information content (AvgIpc) is 2.42. The van der Waals surface area contributed by atoms with Crippen molar-refractivity contribution in [3.63, 3.8) is 0 Å². The molecule has 1 rings (SSSR count). The summed E-state index contributed by atoms with van der Waals surface area (Å²) in [5, 5.41) is 0. The number of hydrogen-bond donors (Lipinski definition) is 0. The second kappa shape index (κ2) is 9.76. The van der Waals surface area contributed by atoms with Gasteiger partial charge in [-0.3, -0.25) is 0 Å². The van der Waals surface area contributed by atoms with E-state index in [1.165, 1.54) is 37.7 Å². The van der Waals surface area contributed by atoms with Gasteiger partial charge in [-0.25, -0.2) is 0 Å². The van der Waals surface area contributed by atoms with E-state index >= 15 is 0 Å². The molecule has 0 unspecified atom stereocenters. The van der Waals surface area contributed by atoms with Crippen LogP contribution in [0.1, 0.15) is 51.0 Å². The molecule has 0 spiro atoms. The Morgan fingerprint density at radius 2 is 1.78 bits per heavy atom. The van der Waals surface area contributed by atoms with Crippen LogP contribution in [0.3, 0.4) is 0 Å². The van der Waals surface area contributed by atoms with Gasteiger partial charge in [-0.1, -0.05) is 38.0 Å². The van der Waals surface area contributed by atoms with Crippen molar-refractivity contribution in [2.24, 2.45) is 0 Å². The Morgan fingerprint density at radius 3 is 2.44 bits per heavy atom. The first-order chi connectivity index (χ1) is 8.86. The van der Waals surface area contributed by atoms with E-state index in [2.05, 4.69) is 37.8 Å². The van der Waals surface area contributed by atoms with Crippen LogP contribution in [0.25, 0.3) is 0 Å². The Morgan fingerprint density at radius 1 is 1.06 bits per heavy atom. The molecular formula is C17H26O. The molecule has 18 heavy (non-hydrogen) atoms. The summed E-state index contributed by atoms with van der Waals surface area (Å²) >= 11 is 0. The lowest BCUT2D eigenvalue weighted by molar-refractivity contribution is 0.317. The third kappa shape index (κ3) is 6.48. The molecule has 0 amide bonds. The van der Waals surface area contributed by atoms with Gasteiger partial charge in [0.05, 0.1) is 6.61 Å². The van der Waals surface area contributed by atoms with Gasteiger partial charge in [0.1, 0.15) is 5.75 Å². The smallest absolute Gasteiger partial charge is 0.119 e. The third-order valence-corrected chi connectivity index (χ3v) is 3.02. The maximum atomic E-state index is 5.57. The van der Waals surface area contributed by atoms with Gasteiger partial charge in [-0.15, -0.1) is 6.58 Å². The molecule has 0 radical (unpaired) electrons. The summed E-state index contributed by atoms with van der Waals surface area (Å²) in [6.07, 6.45) is 10.6. The molecule has 1 nitrogen and oxygen atoms in total. The van der Waals surface area contributed by atoms with Crippen LogP contribution in [0.5, 0.6) is 5.75 Å². The maximum absolute atomic E-state index is 5.57. The number of allylic oxidation sites excluding steroid dienone is 1. The molecule has 0 saturated carbocycles. The van der Waals surface area contributed by atoms with E-state index in [1.807, 2.05) is 6.08 Å². The first-order valence-corrected chi connectivity index (χ1v) is 7.19. The van der Waals surface area contributed by atoms with E-state index < -0.39 is 0 Å². The zero-order chi connectivity index (χ0) is 13.1. The van der Waals surface area contributed by atoms with Gasteiger partial charge in [-0.05, 0) is 49.8 Å². The number of aryl methyl sites for hydroxylation is 1. The van der Waals surface area contributed by atoms with Crippen LogP contribution in [0.4, 0.5) is 0 Å². The van der Waals surface area contributed by atoms with E-state index in [-0.39, 0.29) is 0 Å². The summed E-state index contributed by atoms with van der Waals surface area (Å²) in [5.41, 5.74) is 1.42. The molecule has 0 aliphatic carbocycles. The van der Waals surface area contributed by atoms with Crippen LogP contribution in [0, 0.1) is 0 Å². The molecule has 1 aromatic carbocycles. The molecule has 0 heterocycles. The highest BCUT2D eigenvalue weighted by atomic mass is 16.5. The highest BCUT2D eigenvalue weighted by Crippen LogP contribution is 2.15. The fourth-order valence-corrected chi connectivity index (χ4v) is 1.94. The lowest BCUT2D eigenvalue weighted by atomic mass is 10.1. The van der Waals surface area contributed by atoms with Crippen LogP contribution in [-0.2, 0) is 6.42 Å². The van der Waals surface area contributed by atoms with Crippen molar-refractivity contribution < 1.29 is 4.74 Å². The highest BCUT2D eigenvalue weighted by molar-refractivity contribution is 5.27. The van der Waals surface area contributed by atoms with Gasteiger partial charge in [0.15, 0.2) is 0 Å². The number of rotatable bonds is 10. The average molecular weight is 246 g/mol. The predicted molar refractivity (Wildman–Crippen MR) is 79.2 cm³/mol. The van der Waals surface area contributed by atoms with Crippen LogP contribution < -0.4 is 4.74 Å². The molecule has 0 aliphatic rings. The van der Waals surface area contributed by atoms with Crippen LogP contribution in [0.15, 0.2) is 36.9 Å². The number of benzene rings is 1. The Hall–Kier alpha value is -1.24. The topological polar surface area (TPSA) is 9.23 Å². The molecule has 0 N–H and O–H groups in total. The Balaban J connectivity index is 2.16. The summed E-state index contributed by atoms with van der Waals surface area (Å²) in [5.74, 6) is 0.992. The molecule has 0 atom stereocenters. The first-order valence-electron chi connectivity index (χ1n) is 7.19. The second-order valence-corrected chi connectivity index (χ2v) is 4.73. The Bertz CT molecular complexity index is 313. The van der Waals surface area contributed by atoms with Gasteiger partial charge in [-0.2, -0.15) is 0 Å². The lowest BCUT2D eigenvalue weighted by Gasteiger charge is -2.06. The molecule has 0 aliphatic heterocycles. The normalized spacial score (nSPS) is 10.3. The predicted octanol–water partition coefficient (Wildman–Crippen LogP) is 5.15. The van der Waals surface area contributed by atoms with Crippen molar-refractivity contribution in [2.75, 3.05) is 6.61 Å². The van der Waals surface area contributed by atoms with Gasteiger partial charge in [0.25, 0.3) is 0 Å². The minimum absolute atomic E-state index is 0.808. The third-order valence-electron chi connectivity index (χ3n) is 3.02. The summed E-state index contributed by atoms with van der Waals surface area (Å²) < 4.78 is 5.57. The van der Waals surface area contributed by atoms with Crippen molar-refractivity contribution in [3.8, 4) is 5.75 Å². The van der Waals surface area contributed by atoms with E-state index in [9.17, 15) is 0 Å². The van der Waals surface area contributed by atoms with E-state index in [0.717, 1.165) is 25.2 Å². The van der Waals surface area contributed by atoms with Crippen LogP contribution >= 0.6 is 0 Å². The van der Waals surface area contributed by atoms with E-state index in [0.29, 0.717) is 0 Å². The molecule has 0 bridgehead atoms. The standard InChI is InChI=1S/C17H26O/c1-3-5-6-7-8-9-10-16-11-13-17(14-12-16)18-15-4-2/h3,11-14H,1,4-10,15H2,2H3. The molecule has 1 aromatic rings. The lowest BCUT2D eigenvalue weighted by Crippen LogP contribution is -1.95. The van der Waals surface area contributed by atoms with Crippen molar-refractivity contribution in [2.45, 2.75) is 51.9 Å². The minimum Gasteiger partial charge on any atom is -0.494 e. The Kier molecular flexibility index (Phi) is 8.03. The fourth-order valence-electron chi connectivity index (χ4n) is 1.94. The minimum atomic E-state index is 0.808. The van der Waals surface area contributed by atoms with Gasteiger partial charge in [0.2, 0.25) is 0 Å². The largest absolute Gasteiger partial charge is 0.494 e. The first kappa shape index (κ1) is 14.8. The molecule has 1 heteroatoms. The van der Waals surface area contributed by atoms with Crippen molar-refractivity contribution in [1.82, 2.24) is 0 Å². The molecule has 0 saturated heterocycles. The zero-order valence-corrected chi connectivity index (χ0v) is 11.7. The number of ether oxygens (including phenoxy) is 1. The molecule has 0 fully saturated rings. The summed E-state index contributed by atoms with van der Waals surface area (Å²) in [6.45, 7) is 6.68.